The maximum atomic E-state index is 14.8. The number of imidazole rings is 1. The average molecular weight is 485 g/mol. The number of ether oxygens (including phenoxy) is 1. The lowest BCUT2D eigenvalue weighted by Crippen LogP contribution is -2.51. The first kappa shape index (κ1) is 21.6. The number of carbonyl (C=O) groups is 2. The average Bonchev–Trinajstić information content (AvgIpc) is 3.19. The number of hydrogen-bond donors (Lipinski definition) is 2. The number of amides is 2. The molecule has 0 unspecified atom stereocenters. The molecule has 0 fully saturated rings. The van der Waals surface area contributed by atoms with Gasteiger partial charge in [-0.05, 0) is 30.6 Å². The maximum absolute atomic E-state index is 14.8. The number of esters is 1. The Morgan fingerprint density at radius 2 is 2.31 bits per heavy atom. The molecular formula is C19H22BrFN4O3S. The summed E-state index contributed by atoms with van der Waals surface area (Å²) >= 11 is 4.83. The molecule has 3 rings (SSSR count). The van der Waals surface area contributed by atoms with E-state index in [-0.39, 0.29) is 0 Å². The highest BCUT2D eigenvalue weighted by atomic mass is 79.9. The fourth-order valence-electron chi connectivity index (χ4n) is 3.39. The van der Waals surface area contributed by atoms with Crippen LogP contribution in [0.15, 0.2) is 29.0 Å². The van der Waals surface area contributed by atoms with Gasteiger partial charge in [0.25, 0.3) is 0 Å². The van der Waals surface area contributed by atoms with Crippen molar-refractivity contribution in [3.05, 3.63) is 51.8 Å². The van der Waals surface area contributed by atoms with Crippen LogP contribution in [0, 0.1) is 5.82 Å². The molecule has 2 heterocycles. The van der Waals surface area contributed by atoms with Crippen LogP contribution in [0.5, 0.6) is 0 Å². The molecule has 1 aromatic heterocycles. The standard InChI is InChI=1S/C19H22BrFN4O3S/c1-28-18(26)15(6-8-29-2)24-19(27)25-7-5-14-16(23-10-22-14)17(25)12-4-3-11(20)9-13(12)21/h3-4,9-10,15,17H,5-8H2,1-2H3,(H,22,23)(H,24,27)/t15-,17+/m1/s1. The Labute approximate surface area is 180 Å². The van der Waals surface area contributed by atoms with E-state index in [1.165, 1.54) is 18.1 Å². The molecule has 0 bridgehead atoms. The number of nitrogens with one attached hydrogen (secondary N) is 2. The molecule has 2 N–H and O–H groups in total. The van der Waals surface area contributed by atoms with E-state index in [0.717, 1.165) is 5.69 Å². The van der Waals surface area contributed by atoms with Gasteiger partial charge in [-0.3, -0.25) is 0 Å². The third kappa shape index (κ3) is 4.75. The molecule has 0 saturated carbocycles. The molecule has 2 atom stereocenters. The second kappa shape index (κ2) is 9.62. The summed E-state index contributed by atoms with van der Waals surface area (Å²) in [7, 11) is 1.29. The van der Waals surface area contributed by atoms with Crippen molar-refractivity contribution < 1.29 is 18.7 Å². The lowest BCUT2D eigenvalue weighted by molar-refractivity contribution is -0.142. The van der Waals surface area contributed by atoms with Crippen LogP contribution >= 0.6 is 27.7 Å². The summed E-state index contributed by atoms with van der Waals surface area (Å²) in [6, 6.07) is 2.81. The normalized spacial score (nSPS) is 16.8. The molecule has 2 amide bonds. The van der Waals surface area contributed by atoms with E-state index in [2.05, 4.69) is 31.2 Å². The predicted molar refractivity (Wildman–Crippen MR) is 112 cm³/mol. The third-order valence-corrected chi connectivity index (χ3v) is 5.97. The van der Waals surface area contributed by atoms with Gasteiger partial charge in [-0.25, -0.2) is 19.0 Å². The van der Waals surface area contributed by atoms with E-state index in [1.807, 2.05) is 6.26 Å². The smallest absolute Gasteiger partial charge is 0.328 e. The van der Waals surface area contributed by atoms with E-state index in [4.69, 9.17) is 4.74 Å². The molecule has 7 nitrogen and oxygen atoms in total. The Hall–Kier alpha value is -2.07. The Morgan fingerprint density at radius 3 is 3.00 bits per heavy atom. The molecule has 0 saturated heterocycles. The zero-order valence-electron chi connectivity index (χ0n) is 16.1. The number of halogens is 2. The highest BCUT2D eigenvalue weighted by Gasteiger charge is 2.37. The second-order valence-corrected chi connectivity index (χ2v) is 8.49. The number of aromatic nitrogens is 2. The van der Waals surface area contributed by atoms with Gasteiger partial charge in [-0.2, -0.15) is 11.8 Å². The number of thioether (sulfide) groups is 1. The van der Waals surface area contributed by atoms with Crippen LogP contribution in [-0.2, 0) is 16.0 Å². The van der Waals surface area contributed by atoms with Crippen molar-refractivity contribution in [1.29, 1.82) is 0 Å². The van der Waals surface area contributed by atoms with Crippen LogP contribution in [0.25, 0.3) is 0 Å². The number of urea groups is 1. The van der Waals surface area contributed by atoms with E-state index in [0.29, 0.717) is 40.9 Å². The van der Waals surface area contributed by atoms with Gasteiger partial charge in [0.2, 0.25) is 0 Å². The van der Waals surface area contributed by atoms with Gasteiger partial charge < -0.3 is 19.9 Å². The van der Waals surface area contributed by atoms with Gasteiger partial charge in [0.1, 0.15) is 17.9 Å². The van der Waals surface area contributed by atoms with Crippen LogP contribution in [-0.4, -0.2) is 58.6 Å². The van der Waals surface area contributed by atoms with Crippen molar-refractivity contribution in [1.82, 2.24) is 20.2 Å². The van der Waals surface area contributed by atoms with Crippen molar-refractivity contribution in [2.75, 3.05) is 25.7 Å². The summed E-state index contributed by atoms with van der Waals surface area (Å²) in [4.78, 5) is 34.1. The maximum Gasteiger partial charge on any atom is 0.328 e. The number of H-pyrrole nitrogens is 1. The number of rotatable bonds is 6. The summed E-state index contributed by atoms with van der Waals surface area (Å²) in [5.41, 5.74) is 1.81. The minimum atomic E-state index is -0.768. The molecule has 0 aliphatic carbocycles. The Kier molecular flexibility index (Phi) is 7.18. The number of benzene rings is 1. The lowest BCUT2D eigenvalue weighted by atomic mass is 9.95. The summed E-state index contributed by atoms with van der Waals surface area (Å²) in [6.07, 6.45) is 4.47. The van der Waals surface area contributed by atoms with E-state index in [1.54, 1.807) is 30.2 Å². The number of hydrogen-bond acceptors (Lipinski definition) is 5. The molecule has 1 aromatic carbocycles. The Bertz CT molecular complexity index is 894. The van der Waals surface area contributed by atoms with E-state index in [9.17, 15) is 14.0 Å². The number of fused-ring (bicyclic) bond motifs is 1. The molecular weight excluding hydrogens is 463 g/mol. The van der Waals surface area contributed by atoms with Crippen molar-refractivity contribution in [2.45, 2.75) is 24.9 Å². The van der Waals surface area contributed by atoms with Crippen LogP contribution < -0.4 is 5.32 Å². The quantitative estimate of drug-likeness (QED) is 0.614. The largest absolute Gasteiger partial charge is 0.467 e. The van der Waals surface area contributed by atoms with Gasteiger partial charge >= 0.3 is 12.0 Å². The minimum Gasteiger partial charge on any atom is -0.467 e. The first-order valence-corrected chi connectivity index (χ1v) is 11.3. The molecule has 10 heteroatoms. The van der Waals surface area contributed by atoms with Gasteiger partial charge in [-0.1, -0.05) is 22.0 Å². The van der Waals surface area contributed by atoms with Crippen LogP contribution in [0.2, 0.25) is 0 Å². The van der Waals surface area contributed by atoms with E-state index >= 15 is 0 Å². The SMILES string of the molecule is COC(=O)[C@@H](CCSC)NC(=O)N1CCc2[nH]cnc2[C@@H]1c1ccc(Br)cc1F. The molecule has 0 spiro atoms. The van der Waals surface area contributed by atoms with Gasteiger partial charge in [0.15, 0.2) is 0 Å². The molecule has 1 aliphatic heterocycles. The highest BCUT2D eigenvalue weighted by Crippen LogP contribution is 2.35. The van der Waals surface area contributed by atoms with Crippen LogP contribution in [0.3, 0.4) is 0 Å². The van der Waals surface area contributed by atoms with Crippen molar-refractivity contribution >= 4 is 39.7 Å². The third-order valence-electron chi connectivity index (χ3n) is 4.84. The summed E-state index contributed by atoms with van der Waals surface area (Å²) < 4.78 is 20.2. The second-order valence-electron chi connectivity index (χ2n) is 6.58. The van der Waals surface area contributed by atoms with Crippen molar-refractivity contribution in [3.8, 4) is 0 Å². The topological polar surface area (TPSA) is 87.3 Å². The number of aromatic amines is 1. The zero-order chi connectivity index (χ0) is 21.0. The molecule has 0 radical (unpaired) electrons. The fourth-order valence-corrected chi connectivity index (χ4v) is 4.20. The first-order chi connectivity index (χ1) is 14.0. The van der Waals surface area contributed by atoms with Crippen molar-refractivity contribution in [2.24, 2.45) is 0 Å². The summed E-state index contributed by atoms with van der Waals surface area (Å²) in [5.74, 6) is -0.255. The molecule has 2 aromatic rings. The molecule has 1 aliphatic rings. The first-order valence-electron chi connectivity index (χ1n) is 9.07. The summed E-state index contributed by atoms with van der Waals surface area (Å²) in [5, 5.41) is 2.76. The minimum absolute atomic E-state index is 0.343. The van der Waals surface area contributed by atoms with Crippen molar-refractivity contribution in [3.63, 3.8) is 0 Å². The zero-order valence-corrected chi connectivity index (χ0v) is 18.5. The van der Waals surface area contributed by atoms with Crippen LogP contribution in [0.4, 0.5) is 9.18 Å². The van der Waals surface area contributed by atoms with E-state index < -0.39 is 29.9 Å². The van der Waals surface area contributed by atoms with Gasteiger partial charge in [-0.15, -0.1) is 0 Å². The fraction of sp³-hybridized carbons (Fsp3) is 0.421. The van der Waals surface area contributed by atoms with Gasteiger partial charge in [0, 0.05) is 28.7 Å². The Morgan fingerprint density at radius 1 is 1.52 bits per heavy atom. The molecule has 29 heavy (non-hydrogen) atoms. The highest BCUT2D eigenvalue weighted by molar-refractivity contribution is 9.10. The van der Waals surface area contributed by atoms with Crippen LogP contribution in [0.1, 0.15) is 29.4 Å². The summed E-state index contributed by atoms with van der Waals surface area (Å²) in [6.45, 7) is 0.359. The molecule has 156 valence electrons. The Balaban J connectivity index is 1.91. The van der Waals surface area contributed by atoms with Gasteiger partial charge in [0.05, 0.1) is 19.1 Å². The lowest BCUT2D eigenvalue weighted by Gasteiger charge is -2.36. The number of methoxy groups -OCH3 is 1. The number of nitrogens with zero attached hydrogens (tertiary/aromatic N) is 2. The monoisotopic (exact) mass is 484 g/mol. The predicted octanol–water partition coefficient (Wildman–Crippen LogP) is 3.26. The number of carbonyl (C=O) groups excluding carboxylic acids is 2.